The fourth-order valence-electron chi connectivity index (χ4n) is 2.24. The fraction of sp³-hybridized carbons (Fsp3) is 0.111. The highest BCUT2D eigenvalue weighted by Crippen LogP contribution is 2.65. The number of rotatable bonds is 1. The maximum atomic E-state index is 11.8. The average molecular weight is 383 g/mol. The first-order chi connectivity index (χ1) is 11.4. The standard InChI is InChI=1S/C18H7O2S4/c1-6-17(7-2)21-12-10(5)13-15(11(16(19)20)14(12)23-17)24-18(8-3,9-4)22-13/h1-4H,5H2,(H,19,20)/p-1. The smallest absolute Gasteiger partial charge is 0.191 e. The molecule has 0 aromatic heterocycles. The summed E-state index contributed by atoms with van der Waals surface area (Å²) in [6.45, 7) is 4.08. The van der Waals surface area contributed by atoms with E-state index < -0.39 is 14.1 Å². The number of aromatic carboxylic acids is 1. The Balaban J connectivity index is 2.30. The lowest BCUT2D eigenvalue weighted by molar-refractivity contribution is -0.255. The van der Waals surface area contributed by atoms with E-state index in [1.165, 1.54) is 23.5 Å². The van der Waals surface area contributed by atoms with Crippen LogP contribution in [0.2, 0.25) is 0 Å². The molecule has 2 aliphatic heterocycles. The molecule has 6 heteroatoms. The van der Waals surface area contributed by atoms with Gasteiger partial charge in [0.25, 0.3) is 0 Å². The highest BCUT2D eigenvalue weighted by atomic mass is 32.2. The Kier molecular flexibility index (Phi) is 4.08. The maximum Gasteiger partial charge on any atom is 0.191 e. The zero-order valence-corrected chi connectivity index (χ0v) is 15.2. The molecule has 1 aromatic carbocycles. The van der Waals surface area contributed by atoms with E-state index in [1.54, 1.807) is 0 Å². The summed E-state index contributed by atoms with van der Waals surface area (Å²) in [5.41, 5.74) is 0.668. The molecule has 0 saturated heterocycles. The van der Waals surface area contributed by atoms with E-state index in [0.29, 0.717) is 25.1 Å². The van der Waals surface area contributed by atoms with E-state index in [4.69, 9.17) is 25.7 Å². The van der Waals surface area contributed by atoms with Gasteiger partial charge in [-0.1, -0.05) is 70.7 Å². The second-order valence-corrected chi connectivity index (χ2v) is 10.1. The summed E-state index contributed by atoms with van der Waals surface area (Å²) >= 11 is 4.74. The Morgan fingerprint density at radius 3 is 1.46 bits per heavy atom. The number of carboxylic acid groups (broad SMARTS) is 1. The van der Waals surface area contributed by atoms with Crippen molar-refractivity contribution in [1.82, 2.24) is 0 Å². The quantitative estimate of drug-likeness (QED) is 0.696. The number of thioether (sulfide) groups is 4. The average Bonchev–Trinajstić information content (AvgIpc) is 3.15. The van der Waals surface area contributed by atoms with Crippen LogP contribution >= 0.6 is 47.0 Å². The zero-order valence-electron chi connectivity index (χ0n) is 12.0. The molecule has 0 fully saturated rings. The fourth-order valence-corrected chi connectivity index (χ4v) is 7.67. The molecular weight excluding hydrogens is 376 g/mol. The molecule has 1 aromatic rings. The van der Waals surface area contributed by atoms with Crippen LogP contribution in [-0.2, 0) is 0 Å². The highest BCUT2D eigenvalue weighted by Gasteiger charge is 2.45. The third kappa shape index (κ3) is 2.23. The molecule has 0 bridgehead atoms. The highest BCUT2D eigenvalue weighted by molar-refractivity contribution is 8.22. The number of hydrogen-bond donors (Lipinski definition) is 0. The maximum absolute atomic E-state index is 11.8. The molecule has 2 heterocycles. The summed E-state index contributed by atoms with van der Waals surface area (Å²) in [6.07, 6.45) is 22.3. The van der Waals surface area contributed by atoms with Crippen molar-refractivity contribution < 1.29 is 9.90 Å². The van der Waals surface area contributed by atoms with Gasteiger partial charge in [0, 0.05) is 25.1 Å². The molecular formula is C18H6O2S4-. The predicted molar refractivity (Wildman–Crippen MR) is 99.5 cm³/mol. The van der Waals surface area contributed by atoms with Crippen LogP contribution in [0.3, 0.4) is 0 Å². The number of fused-ring (bicyclic) bond motifs is 2. The van der Waals surface area contributed by atoms with Crippen LogP contribution in [0.15, 0.2) is 19.6 Å². The summed E-state index contributed by atoms with van der Waals surface area (Å²) in [5.74, 6) is 8.88. The molecule has 0 amide bonds. The van der Waals surface area contributed by atoms with E-state index in [2.05, 4.69) is 30.6 Å². The second kappa shape index (κ2) is 5.70. The second-order valence-electron chi connectivity index (χ2n) is 4.68. The van der Waals surface area contributed by atoms with Crippen LogP contribution < -0.4 is 5.11 Å². The predicted octanol–water partition coefficient (Wildman–Crippen LogP) is 2.55. The summed E-state index contributed by atoms with van der Waals surface area (Å²) < 4.78 is -2.00. The van der Waals surface area contributed by atoms with Crippen LogP contribution in [0.5, 0.6) is 0 Å². The number of carbonyl (C=O) groups excluding carboxylic acids is 1. The van der Waals surface area contributed by atoms with Gasteiger partial charge in [-0.25, -0.2) is 0 Å². The van der Waals surface area contributed by atoms with Gasteiger partial charge in [-0.05, 0) is 12.5 Å². The molecule has 0 unspecified atom stereocenters. The first-order valence-corrected chi connectivity index (χ1v) is 9.57. The number of terminal acetylenes is 4. The van der Waals surface area contributed by atoms with Crippen LogP contribution in [-0.4, -0.2) is 14.1 Å². The van der Waals surface area contributed by atoms with Crippen molar-refractivity contribution in [3.8, 4) is 49.4 Å². The lowest BCUT2D eigenvalue weighted by Gasteiger charge is -2.15. The number of benzene rings is 1. The Hall–Kier alpha value is -1.67. The molecule has 2 nitrogen and oxygen atoms in total. The van der Waals surface area contributed by atoms with Crippen molar-refractivity contribution in [3.63, 3.8) is 0 Å². The van der Waals surface area contributed by atoms with Gasteiger partial charge < -0.3 is 9.90 Å². The van der Waals surface area contributed by atoms with Gasteiger partial charge in [0.1, 0.15) is 0 Å². The number of carbonyl (C=O) groups is 1. The van der Waals surface area contributed by atoms with Crippen molar-refractivity contribution in [2.45, 2.75) is 27.7 Å². The van der Waals surface area contributed by atoms with Crippen molar-refractivity contribution in [2.75, 3.05) is 0 Å². The van der Waals surface area contributed by atoms with E-state index in [9.17, 15) is 9.90 Å². The third-order valence-electron chi connectivity index (χ3n) is 3.36. The minimum absolute atomic E-state index is 0.0298. The Morgan fingerprint density at radius 2 is 1.17 bits per heavy atom. The van der Waals surface area contributed by atoms with Gasteiger partial charge in [-0.15, -0.1) is 25.7 Å². The summed E-state index contributed by atoms with van der Waals surface area (Å²) in [7, 11) is 0. The van der Waals surface area contributed by atoms with Crippen molar-refractivity contribution in [3.05, 3.63) is 18.1 Å². The minimum Gasteiger partial charge on any atom is -0.545 e. The molecule has 115 valence electrons. The number of hydrogen-bond acceptors (Lipinski definition) is 6. The molecule has 24 heavy (non-hydrogen) atoms. The molecule has 0 N–H and O–H groups in total. The third-order valence-corrected chi connectivity index (χ3v) is 9.25. The van der Waals surface area contributed by atoms with E-state index in [1.807, 2.05) is 0 Å². The van der Waals surface area contributed by atoms with Crippen LogP contribution in [0.4, 0.5) is 0 Å². The zero-order chi connectivity index (χ0) is 17.7. The van der Waals surface area contributed by atoms with Gasteiger partial charge in [-0.3, -0.25) is 0 Å². The van der Waals surface area contributed by atoms with E-state index in [0.717, 1.165) is 23.5 Å². The SMILES string of the molecule is C#CC1(C#C)Sc2c([CH2])c3c(c(C(=O)[O-])c2S1)SC(C#C)(C#C)S3. The van der Waals surface area contributed by atoms with Crippen molar-refractivity contribution in [2.24, 2.45) is 0 Å². The Labute approximate surface area is 157 Å². The van der Waals surface area contributed by atoms with Gasteiger partial charge in [-0.2, -0.15) is 0 Å². The normalized spacial score (nSPS) is 18.4. The van der Waals surface area contributed by atoms with Crippen LogP contribution in [0.25, 0.3) is 0 Å². The van der Waals surface area contributed by atoms with Crippen molar-refractivity contribution in [1.29, 1.82) is 0 Å². The minimum atomic E-state index is -1.32. The van der Waals surface area contributed by atoms with Crippen molar-refractivity contribution >= 4 is 53.0 Å². The van der Waals surface area contributed by atoms with E-state index >= 15 is 0 Å². The molecule has 0 spiro atoms. The number of carboxylic acids is 1. The monoisotopic (exact) mass is 382 g/mol. The molecule has 3 rings (SSSR count). The van der Waals surface area contributed by atoms with E-state index in [-0.39, 0.29) is 5.56 Å². The largest absolute Gasteiger partial charge is 0.545 e. The topological polar surface area (TPSA) is 40.1 Å². The van der Waals surface area contributed by atoms with Gasteiger partial charge in [0.2, 0.25) is 0 Å². The van der Waals surface area contributed by atoms with Gasteiger partial charge in [0.05, 0.1) is 5.97 Å². The van der Waals surface area contributed by atoms with Crippen LogP contribution in [0.1, 0.15) is 15.9 Å². The molecule has 0 atom stereocenters. The summed E-state index contributed by atoms with van der Waals surface area (Å²) in [5, 5.41) is 11.8. The summed E-state index contributed by atoms with van der Waals surface area (Å²) in [6, 6.07) is 0. The van der Waals surface area contributed by atoms with Gasteiger partial charge in [0.15, 0.2) is 8.16 Å². The Morgan fingerprint density at radius 1 is 0.833 bits per heavy atom. The summed E-state index contributed by atoms with van der Waals surface area (Å²) in [4.78, 5) is 14.1. The van der Waals surface area contributed by atoms with Gasteiger partial charge >= 0.3 is 0 Å². The first kappa shape index (κ1) is 17.2. The first-order valence-electron chi connectivity index (χ1n) is 6.30. The lowest BCUT2D eigenvalue weighted by atomic mass is 10.1. The Bertz CT molecular complexity index is 866. The lowest BCUT2D eigenvalue weighted by Crippen LogP contribution is -2.24. The molecule has 0 saturated carbocycles. The molecule has 0 aliphatic carbocycles. The molecule has 1 radical (unpaired) electrons. The van der Waals surface area contributed by atoms with Crippen LogP contribution in [0, 0.1) is 56.3 Å². The molecule has 2 aliphatic rings.